The Morgan fingerprint density at radius 2 is 1.47 bits per heavy atom. The SMILES string of the molecule is Cc1ccccc1NC(=O)c1ccc(NS(=O)(=O)c2cc(C(C)(C)C)cc(C)c2C)cc1. The number of benzene rings is 3. The summed E-state index contributed by atoms with van der Waals surface area (Å²) in [6.45, 7) is 11.8. The normalized spacial score (nSPS) is 11.8. The molecular formula is C26H30N2O3S. The Bertz CT molecular complexity index is 1260. The topological polar surface area (TPSA) is 75.3 Å². The lowest BCUT2D eigenvalue weighted by Gasteiger charge is -2.22. The van der Waals surface area contributed by atoms with Crippen LogP contribution in [0.25, 0.3) is 0 Å². The Labute approximate surface area is 190 Å². The number of aryl methyl sites for hydroxylation is 2. The van der Waals surface area contributed by atoms with Crippen LogP contribution in [0.1, 0.15) is 53.4 Å². The molecule has 3 aromatic rings. The number of anilines is 2. The van der Waals surface area contributed by atoms with Crippen LogP contribution in [0, 0.1) is 20.8 Å². The molecule has 0 aromatic heterocycles. The number of carbonyl (C=O) groups is 1. The van der Waals surface area contributed by atoms with E-state index in [0.29, 0.717) is 11.3 Å². The molecule has 0 atom stereocenters. The fourth-order valence-corrected chi connectivity index (χ4v) is 4.75. The quantitative estimate of drug-likeness (QED) is 0.503. The minimum absolute atomic E-state index is 0.172. The molecule has 32 heavy (non-hydrogen) atoms. The Morgan fingerprint density at radius 3 is 2.06 bits per heavy atom. The monoisotopic (exact) mass is 450 g/mol. The van der Waals surface area contributed by atoms with Gasteiger partial charge in [0, 0.05) is 16.9 Å². The van der Waals surface area contributed by atoms with E-state index in [1.807, 2.05) is 51.1 Å². The minimum Gasteiger partial charge on any atom is -0.322 e. The van der Waals surface area contributed by atoms with E-state index >= 15 is 0 Å². The Balaban J connectivity index is 1.83. The van der Waals surface area contributed by atoms with Crippen molar-refractivity contribution < 1.29 is 13.2 Å². The lowest BCUT2D eigenvalue weighted by atomic mass is 9.85. The Hall–Kier alpha value is -3.12. The first-order chi connectivity index (χ1) is 14.9. The molecule has 3 aromatic carbocycles. The maximum atomic E-state index is 13.2. The van der Waals surface area contributed by atoms with Crippen molar-refractivity contribution in [2.45, 2.75) is 51.9 Å². The van der Waals surface area contributed by atoms with Crippen molar-refractivity contribution in [3.8, 4) is 0 Å². The van der Waals surface area contributed by atoms with E-state index in [0.717, 1.165) is 27.9 Å². The lowest BCUT2D eigenvalue weighted by Crippen LogP contribution is -2.18. The molecule has 3 rings (SSSR count). The van der Waals surface area contributed by atoms with Gasteiger partial charge in [0.05, 0.1) is 4.90 Å². The summed E-state index contributed by atoms with van der Waals surface area (Å²) in [5.74, 6) is -0.252. The molecule has 6 heteroatoms. The molecule has 168 valence electrons. The molecule has 0 spiro atoms. The van der Waals surface area contributed by atoms with Gasteiger partial charge in [-0.3, -0.25) is 9.52 Å². The van der Waals surface area contributed by atoms with Gasteiger partial charge >= 0.3 is 0 Å². The van der Waals surface area contributed by atoms with Gasteiger partial charge in [-0.05, 0) is 84.8 Å². The van der Waals surface area contributed by atoms with Crippen LogP contribution >= 0.6 is 0 Å². The molecule has 0 radical (unpaired) electrons. The van der Waals surface area contributed by atoms with Gasteiger partial charge in [-0.15, -0.1) is 0 Å². The maximum absolute atomic E-state index is 13.2. The highest BCUT2D eigenvalue weighted by atomic mass is 32.2. The van der Waals surface area contributed by atoms with Gasteiger partial charge in [0.2, 0.25) is 0 Å². The third kappa shape index (κ3) is 5.19. The van der Waals surface area contributed by atoms with Crippen molar-refractivity contribution in [1.82, 2.24) is 0 Å². The molecule has 0 bridgehead atoms. The average molecular weight is 451 g/mol. The zero-order chi connectivity index (χ0) is 23.7. The molecule has 0 aliphatic rings. The second-order valence-electron chi connectivity index (χ2n) is 9.12. The van der Waals surface area contributed by atoms with Crippen LogP contribution < -0.4 is 10.0 Å². The van der Waals surface area contributed by atoms with Crippen molar-refractivity contribution in [3.05, 3.63) is 88.5 Å². The summed E-state index contributed by atoms with van der Waals surface area (Å²) in [6, 6.07) is 17.7. The predicted molar refractivity (Wildman–Crippen MR) is 131 cm³/mol. The highest BCUT2D eigenvalue weighted by Gasteiger charge is 2.23. The number of nitrogens with one attached hydrogen (secondary N) is 2. The van der Waals surface area contributed by atoms with Gasteiger partial charge in [-0.25, -0.2) is 8.42 Å². The molecule has 0 saturated carbocycles. The first-order valence-corrected chi connectivity index (χ1v) is 12.0. The Morgan fingerprint density at radius 1 is 0.844 bits per heavy atom. The molecule has 5 nitrogen and oxygen atoms in total. The van der Waals surface area contributed by atoms with Gasteiger partial charge in [-0.2, -0.15) is 0 Å². The van der Waals surface area contributed by atoms with Crippen molar-refractivity contribution >= 4 is 27.3 Å². The number of hydrogen-bond acceptors (Lipinski definition) is 3. The predicted octanol–water partition coefficient (Wildman–Crippen LogP) is 5.96. The molecule has 2 N–H and O–H groups in total. The molecule has 0 aliphatic carbocycles. The minimum atomic E-state index is -3.79. The highest BCUT2D eigenvalue weighted by Crippen LogP contribution is 2.30. The third-order valence-corrected chi connectivity index (χ3v) is 7.08. The van der Waals surface area contributed by atoms with Crippen molar-refractivity contribution in [3.63, 3.8) is 0 Å². The van der Waals surface area contributed by atoms with Crippen LogP contribution in [0.4, 0.5) is 11.4 Å². The number of hydrogen-bond donors (Lipinski definition) is 2. The standard InChI is InChI=1S/C26H30N2O3S/c1-17-9-7-8-10-23(17)27-25(29)20-11-13-22(14-12-20)28-32(30,31)24-16-21(26(4,5)6)15-18(2)19(24)3/h7-16,28H,1-6H3,(H,27,29). The fraction of sp³-hybridized carbons (Fsp3) is 0.269. The number of amides is 1. The molecule has 0 saturated heterocycles. The van der Waals surface area contributed by atoms with Crippen LogP contribution in [-0.4, -0.2) is 14.3 Å². The van der Waals surface area contributed by atoms with Crippen molar-refractivity contribution in [2.24, 2.45) is 0 Å². The first kappa shape index (κ1) is 23.5. The van der Waals surface area contributed by atoms with Crippen LogP contribution in [0.15, 0.2) is 65.6 Å². The largest absolute Gasteiger partial charge is 0.322 e. The van der Waals surface area contributed by atoms with Crippen LogP contribution in [-0.2, 0) is 15.4 Å². The molecule has 0 heterocycles. The zero-order valence-corrected chi connectivity index (χ0v) is 20.2. The van der Waals surface area contributed by atoms with E-state index in [1.165, 1.54) is 0 Å². The molecule has 0 aliphatic heterocycles. The molecular weight excluding hydrogens is 420 g/mol. The number of carbonyl (C=O) groups excluding carboxylic acids is 1. The average Bonchev–Trinajstić information content (AvgIpc) is 2.71. The highest BCUT2D eigenvalue weighted by molar-refractivity contribution is 7.92. The third-order valence-electron chi connectivity index (χ3n) is 5.57. The van der Waals surface area contributed by atoms with Crippen LogP contribution in [0.3, 0.4) is 0 Å². The van der Waals surface area contributed by atoms with E-state index in [2.05, 4.69) is 30.8 Å². The van der Waals surface area contributed by atoms with Gasteiger partial charge in [-0.1, -0.05) is 45.0 Å². The summed E-state index contributed by atoms with van der Waals surface area (Å²) in [4.78, 5) is 12.8. The summed E-state index contributed by atoms with van der Waals surface area (Å²) in [5, 5.41) is 2.88. The second kappa shape index (κ2) is 8.79. The second-order valence-corrected chi connectivity index (χ2v) is 10.8. The van der Waals surface area contributed by atoms with E-state index in [-0.39, 0.29) is 16.2 Å². The number of sulfonamides is 1. The summed E-state index contributed by atoms with van der Waals surface area (Å²) >= 11 is 0. The van der Waals surface area contributed by atoms with E-state index in [1.54, 1.807) is 30.3 Å². The number of para-hydroxylation sites is 1. The van der Waals surface area contributed by atoms with E-state index < -0.39 is 10.0 Å². The molecule has 1 amide bonds. The first-order valence-electron chi connectivity index (χ1n) is 10.5. The van der Waals surface area contributed by atoms with Gasteiger partial charge in [0.1, 0.15) is 0 Å². The molecule has 0 unspecified atom stereocenters. The van der Waals surface area contributed by atoms with E-state index in [4.69, 9.17) is 0 Å². The van der Waals surface area contributed by atoms with Crippen molar-refractivity contribution in [2.75, 3.05) is 10.0 Å². The molecule has 0 fully saturated rings. The van der Waals surface area contributed by atoms with Crippen LogP contribution in [0.2, 0.25) is 0 Å². The summed E-state index contributed by atoms with van der Waals surface area (Å²) in [6.07, 6.45) is 0. The van der Waals surface area contributed by atoms with Gasteiger partial charge in [0.25, 0.3) is 15.9 Å². The summed E-state index contributed by atoms with van der Waals surface area (Å²) in [5.41, 5.74) is 4.99. The van der Waals surface area contributed by atoms with Crippen LogP contribution in [0.5, 0.6) is 0 Å². The zero-order valence-electron chi connectivity index (χ0n) is 19.4. The van der Waals surface area contributed by atoms with Gasteiger partial charge < -0.3 is 5.32 Å². The fourth-order valence-electron chi connectivity index (χ4n) is 3.35. The Kier molecular flexibility index (Phi) is 6.46. The van der Waals surface area contributed by atoms with Crippen molar-refractivity contribution in [1.29, 1.82) is 0 Å². The smallest absolute Gasteiger partial charge is 0.262 e. The number of rotatable bonds is 5. The van der Waals surface area contributed by atoms with E-state index in [9.17, 15) is 13.2 Å². The maximum Gasteiger partial charge on any atom is 0.262 e. The summed E-state index contributed by atoms with van der Waals surface area (Å²) < 4.78 is 29.0. The summed E-state index contributed by atoms with van der Waals surface area (Å²) in [7, 11) is -3.79. The lowest BCUT2D eigenvalue weighted by molar-refractivity contribution is 0.102. The van der Waals surface area contributed by atoms with Gasteiger partial charge in [0.15, 0.2) is 0 Å².